The van der Waals surface area contributed by atoms with E-state index >= 15 is 0 Å². The Hall–Kier alpha value is -1.39. The molecule has 1 amide bonds. The first-order valence-electron chi connectivity index (χ1n) is 7.31. The Morgan fingerprint density at radius 1 is 1.35 bits per heavy atom. The Morgan fingerprint density at radius 2 is 2.05 bits per heavy atom. The van der Waals surface area contributed by atoms with E-state index in [9.17, 15) is 9.90 Å². The van der Waals surface area contributed by atoms with E-state index in [0.29, 0.717) is 12.5 Å². The van der Waals surface area contributed by atoms with Crippen LogP contribution in [0.25, 0.3) is 0 Å². The average Bonchev–Trinajstić information content (AvgIpc) is 2.84. The molecule has 1 aliphatic heterocycles. The third kappa shape index (κ3) is 3.38. The second-order valence-corrected chi connectivity index (χ2v) is 5.84. The number of aliphatic hydroxyl groups excluding tert-OH is 1. The van der Waals surface area contributed by atoms with Crippen molar-refractivity contribution in [3.05, 3.63) is 29.8 Å². The minimum absolute atomic E-state index is 0.00722. The van der Waals surface area contributed by atoms with E-state index in [1.807, 2.05) is 36.1 Å². The molecule has 1 heterocycles. The zero-order valence-electron chi connectivity index (χ0n) is 12.5. The zero-order chi connectivity index (χ0) is 14.7. The lowest BCUT2D eigenvalue weighted by molar-refractivity contribution is -0.120. The molecule has 0 radical (unpaired) electrons. The minimum atomic E-state index is -0.298. The summed E-state index contributed by atoms with van der Waals surface area (Å²) in [6.45, 7) is 7.49. The lowest BCUT2D eigenvalue weighted by Gasteiger charge is -2.24. The topological polar surface area (TPSA) is 52.6 Å². The van der Waals surface area contributed by atoms with Gasteiger partial charge in [-0.15, -0.1) is 0 Å². The molecule has 20 heavy (non-hydrogen) atoms. The van der Waals surface area contributed by atoms with Gasteiger partial charge in [-0.2, -0.15) is 0 Å². The second-order valence-electron chi connectivity index (χ2n) is 5.84. The number of anilines is 1. The molecule has 0 aliphatic carbocycles. The molecular formula is C16H24N2O2. The molecule has 2 N–H and O–H groups in total. The van der Waals surface area contributed by atoms with Crippen molar-refractivity contribution in [1.82, 2.24) is 4.90 Å². The van der Waals surface area contributed by atoms with Gasteiger partial charge in [-0.05, 0) is 30.9 Å². The van der Waals surface area contributed by atoms with Crippen LogP contribution in [0, 0.1) is 0 Å². The first kappa shape index (κ1) is 15.0. The highest BCUT2D eigenvalue weighted by molar-refractivity contribution is 5.95. The van der Waals surface area contributed by atoms with Crippen molar-refractivity contribution in [3.8, 4) is 0 Å². The maximum atomic E-state index is 12.3. The number of aliphatic hydroxyl groups is 1. The molecule has 1 aromatic carbocycles. The lowest BCUT2D eigenvalue weighted by Crippen LogP contribution is -2.41. The Kier molecular flexibility index (Phi) is 4.78. The summed E-state index contributed by atoms with van der Waals surface area (Å²) < 4.78 is 0. The Labute approximate surface area is 120 Å². The smallest absolute Gasteiger partial charge is 0.241 e. The molecule has 4 nitrogen and oxygen atoms in total. The van der Waals surface area contributed by atoms with Crippen molar-refractivity contribution in [2.45, 2.75) is 45.3 Å². The molecule has 2 rings (SSSR count). The van der Waals surface area contributed by atoms with Gasteiger partial charge in [-0.25, -0.2) is 0 Å². The molecule has 0 saturated carbocycles. The van der Waals surface area contributed by atoms with Crippen LogP contribution in [0.5, 0.6) is 0 Å². The van der Waals surface area contributed by atoms with E-state index in [1.54, 1.807) is 0 Å². The summed E-state index contributed by atoms with van der Waals surface area (Å²) in [6.07, 6.45) is 0.452. The van der Waals surface area contributed by atoms with Gasteiger partial charge in [0.05, 0.1) is 12.1 Å². The zero-order valence-corrected chi connectivity index (χ0v) is 12.5. The monoisotopic (exact) mass is 276 g/mol. The number of β-amino-alcohol motifs (C(OH)–C–C–N with tert-alkyl or cyclic N) is 1. The van der Waals surface area contributed by atoms with Crippen LogP contribution in [0.3, 0.4) is 0 Å². The molecule has 1 aromatic rings. The average molecular weight is 276 g/mol. The van der Waals surface area contributed by atoms with E-state index in [0.717, 1.165) is 24.2 Å². The van der Waals surface area contributed by atoms with Gasteiger partial charge >= 0.3 is 0 Å². The van der Waals surface area contributed by atoms with Crippen molar-refractivity contribution in [3.63, 3.8) is 0 Å². The predicted molar refractivity (Wildman–Crippen MR) is 80.8 cm³/mol. The Balaban J connectivity index is 2.04. The standard InChI is InChI=1S/C16H24N2O2/c1-11(2)14-6-4-5-7-15(14)17-16(20)12(3)18-9-8-13(19)10-18/h4-7,11-13,19H,8-10H2,1-3H3,(H,17,20)/t12?,13-/m0/s1. The third-order valence-corrected chi connectivity index (χ3v) is 3.96. The second kappa shape index (κ2) is 6.37. The van der Waals surface area contributed by atoms with Crippen LogP contribution in [0.4, 0.5) is 5.69 Å². The summed E-state index contributed by atoms with van der Waals surface area (Å²) in [7, 11) is 0. The van der Waals surface area contributed by atoms with Crippen LogP contribution < -0.4 is 5.32 Å². The van der Waals surface area contributed by atoms with Gasteiger partial charge in [0, 0.05) is 18.8 Å². The quantitative estimate of drug-likeness (QED) is 0.886. The SMILES string of the molecule is CC(C)c1ccccc1NC(=O)C(C)N1CC[C@H](O)C1. The number of carbonyl (C=O) groups excluding carboxylic acids is 1. The number of benzene rings is 1. The van der Waals surface area contributed by atoms with Crippen LogP contribution in [0.1, 0.15) is 38.7 Å². The molecule has 110 valence electrons. The van der Waals surface area contributed by atoms with Gasteiger partial charge in [0.2, 0.25) is 5.91 Å². The van der Waals surface area contributed by atoms with Gasteiger partial charge in [-0.1, -0.05) is 32.0 Å². The number of amides is 1. The minimum Gasteiger partial charge on any atom is -0.392 e. The Morgan fingerprint density at radius 3 is 2.65 bits per heavy atom. The number of hydrogen-bond acceptors (Lipinski definition) is 3. The van der Waals surface area contributed by atoms with Crippen LogP contribution in [-0.4, -0.2) is 41.1 Å². The van der Waals surface area contributed by atoms with Crippen LogP contribution in [0.15, 0.2) is 24.3 Å². The van der Waals surface area contributed by atoms with Gasteiger partial charge < -0.3 is 10.4 Å². The molecule has 0 aromatic heterocycles. The molecule has 0 spiro atoms. The third-order valence-electron chi connectivity index (χ3n) is 3.96. The fourth-order valence-electron chi connectivity index (χ4n) is 2.64. The lowest BCUT2D eigenvalue weighted by atomic mass is 10.0. The van der Waals surface area contributed by atoms with Crippen molar-refractivity contribution in [2.75, 3.05) is 18.4 Å². The number of rotatable bonds is 4. The maximum absolute atomic E-state index is 12.3. The van der Waals surface area contributed by atoms with E-state index in [4.69, 9.17) is 0 Å². The summed E-state index contributed by atoms with van der Waals surface area (Å²) in [6, 6.07) is 7.70. The molecular weight excluding hydrogens is 252 g/mol. The highest BCUT2D eigenvalue weighted by atomic mass is 16.3. The van der Waals surface area contributed by atoms with Crippen LogP contribution >= 0.6 is 0 Å². The number of hydrogen-bond donors (Lipinski definition) is 2. The number of likely N-dealkylation sites (tertiary alicyclic amines) is 1. The summed E-state index contributed by atoms with van der Waals surface area (Å²) in [5, 5.41) is 12.6. The predicted octanol–water partition coefficient (Wildman–Crippen LogP) is 2.20. The molecule has 1 saturated heterocycles. The van der Waals surface area contributed by atoms with Gasteiger partial charge in [-0.3, -0.25) is 9.69 Å². The Bertz CT molecular complexity index is 473. The molecule has 1 unspecified atom stereocenters. The van der Waals surface area contributed by atoms with Crippen LogP contribution in [-0.2, 0) is 4.79 Å². The van der Waals surface area contributed by atoms with E-state index in [2.05, 4.69) is 19.2 Å². The summed E-state index contributed by atoms with van der Waals surface area (Å²) in [5.74, 6) is 0.364. The van der Waals surface area contributed by atoms with Crippen molar-refractivity contribution in [1.29, 1.82) is 0 Å². The van der Waals surface area contributed by atoms with Gasteiger partial charge in [0.1, 0.15) is 0 Å². The van der Waals surface area contributed by atoms with Gasteiger partial charge in [0.25, 0.3) is 0 Å². The molecule has 1 fully saturated rings. The highest BCUT2D eigenvalue weighted by Gasteiger charge is 2.28. The number of nitrogens with zero attached hydrogens (tertiary/aromatic N) is 1. The maximum Gasteiger partial charge on any atom is 0.241 e. The normalized spacial score (nSPS) is 21.1. The number of para-hydroxylation sites is 1. The van der Waals surface area contributed by atoms with Crippen LogP contribution in [0.2, 0.25) is 0 Å². The number of nitrogens with one attached hydrogen (secondary N) is 1. The molecule has 0 bridgehead atoms. The summed E-state index contributed by atoms with van der Waals surface area (Å²) in [4.78, 5) is 14.4. The first-order valence-corrected chi connectivity index (χ1v) is 7.31. The van der Waals surface area contributed by atoms with Gasteiger partial charge in [0.15, 0.2) is 0 Å². The summed E-state index contributed by atoms with van der Waals surface area (Å²) >= 11 is 0. The largest absolute Gasteiger partial charge is 0.392 e. The van der Waals surface area contributed by atoms with E-state index < -0.39 is 0 Å². The van der Waals surface area contributed by atoms with E-state index in [-0.39, 0.29) is 18.1 Å². The molecule has 2 atom stereocenters. The fourth-order valence-corrected chi connectivity index (χ4v) is 2.64. The molecule has 4 heteroatoms. The van der Waals surface area contributed by atoms with E-state index in [1.165, 1.54) is 0 Å². The molecule has 1 aliphatic rings. The van der Waals surface area contributed by atoms with Crippen molar-refractivity contribution in [2.24, 2.45) is 0 Å². The first-order chi connectivity index (χ1) is 9.49. The highest BCUT2D eigenvalue weighted by Crippen LogP contribution is 2.24. The van der Waals surface area contributed by atoms with Crippen molar-refractivity contribution >= 4 is 11.6 Å². The van der Waals surface area contributed by atoms with Crippen molar-refractivity contribution < 1.29 is 9.90 Å². The fraction of sp³-hybridized carbons (Fsp3) is 0.562. The number of carbonyl (C=O) groups is 1. The summed E-state index contributed by atoms with van der Waals surface area (Å²) in [5.41, 5.74) is 2.04.